The second-order valence-electron chi connectivity index (χ2n) is 10.8. The second-order valence-corrected chi connectivity index (χ2v) is 12.0. The molecule has 3 N–H and O–H groups in total. The standard InChI is InChI=1S/C25H41Cl2N5O2/c1-31-7-8-32(25(31)28)15-17-9-19(18-5-6-29-23(13-18)34-2)12-20(10-17)24(33)30-14-16-3-4-21(26)22(27)11-16/h7-8,16-23,28-29H,3-6,9-15H2,1-2H3,(H,30,33). The normalized spacial score (nSPS) is 36.8. The number of piperidine rings is 1. The van der Waals surface area contributed by atoms with E-state index in [0.717, 1.165) is 64.5 Å². The maximum atomic E-state index is 13.3. The smallest absolute Gasteiger partial charge is 0.223 e. The third-order valence-electron chi connectivity index (χ3n) is 8.47. The van der Waals surface area contributed by atoms with Crippen molar-refractivity contribution in [3.8, 4) is 0 Å². The molecule has 1 aliphatic heterocycles. The Morgan fingerprint density at radius 2 is 1.91 bits per heavy atom. The lowest BCUT2D eigenvalue weighted by Gasteiger charge is -2.41. The van der Waals surface area contributed by atoms with Crippen LogP contribution in [0.1, 0.15) is 51.4 Å². The average Bonchev–Trinajstić information content (AvgIpc) is 3.16. The van der Waals surface area contributed by atoms with Gasteiger partial charge in [0, 0.05) is 50.9 Å². The van der Waals surface area contributed by atoms with Crippen LogP contribution >= 0.6 is 23.2 Å². The molecule has 8 atom stereocenters. The summed E-state index contributed by atoms with van der Waals surface area (Å²) in [5.41, 5.74) is 0.509. The van der Waals surface area contributed by atoms with Gasteiger partial charge >= 0.3 is 0 Å². The van der Waals surface area contributed by atoms with E-state index in [1.54, 1.807) is 7.11 Å². The molecule has 0 radical (unpaired) electrons. The zero-order valence-corrected chi connectivity index (χ0v) is 22.0. The number of carbonyl (C=O) groups is 1. The number of hydrogen-bond acceptors (Lipinski definition) is 4. The number of aromatic nitrogens is 2. The van der Waals surface area contributed by atoms with Gasteiger partial charge in [-0.25, -0.2) is 0 Å². The summed E-state index contributed by atoms with van der Waals surface area (Å²) in [5, 5.41) is 15.1. The Labute approximate surface area is 213 Å². The first-order valence-corrected chi connectivity index (χ1v) is 13.8. The van der Waals surface area contributed by atoms with E-state index in [-0.39, 0.29) is 28.8 Å². The molecule has 0 spiro atoms. The monoisotopic (exact) mass is 513 g/mol. The van der Waals surface area contributed by atoms with Gasteiger partial charge in [0.2, 0.25) is 11.5 Å². The summed E-state index contributed by atoms with van der Waals surface area (Å²) >= 11 is 12.7. The van der Waals surface area contributed by atoms with Crippen LogP contribution < -0.4 is 16.3 Å². The number of halogens is 2. The third-order valence-corrected chi connectivity index (χ3v) is 9.60. The lowest BCUT2D eigenvalue weighted by molar-refractivity contribution is -0.128. The van der Waals surface area contributed by atoms with Crippen molar-refractivity contribution in [1.29, 1.82) is 5.41 Å². The molecule has 1 aromatic rings. The van der Waals surface area contributed by atoms with E-state index in [2.05, 4.69) is 10.6 Å². The molecule has 2 aliphatic carbocycles. The molecule has 2 saturated carbocycles. The Balaban J connectivity index is 1.41. The maximum Gasteiger partial charge on any atom is 0.223 e. The first-order chi connectivity index (χ1) is 16.3. The summed E-state index contributed by atoms with van der Waals surface area (Å²) in [6.07, 6.45) is 11.9. The molecule has 2 heterocycles. The summed E-state index contributed by atoms with van der Waals surface area (Å²) in [6.45, 7) is 2.46. The van der Waals surface area contributed by atoms with Crippen LogP contribution in [0.15, 0.2) is 12.4 Å². The van der Waals surface area contributed by atoms with Crippen molar-refractivity contribution in [2.24, 2.45) is 36.6 Å². The van der Waals surface area contributed by atoms with E-state index in [1.807, 2.05) is 28.6 Å². The van der Waals surface area contributed by atoms with Gasteiger partial charge in [-0.2, -0.15) is 0 Å². The maximum absolute atomic E-state index is 13.3. The van der Waals surface area contributed by atoms with Crippen LogP contribution in [0, 0.1) is 35.0 Å². The fraction of sp³-hybridized carbons (Fsp3) is 0.840. The summed E-state index contributed by atoms with van der Waals surface area (Å²) in [5.74, 6) is 2.09. The minimum Gasteiger partial charge on any atom is -0.367 e. The number of ether oxygens (including phenoxy) is 1. The highest BCUT2D eigenvalue weighted by Crippen LogP contribution is 2.41. The van der Waals surface area contributed by atoms with Crippen molar-refractivity contribution >= 4 is 29.1 Å². The average molecular weight is 515 g/mol. The molecule has 0 bridgehead atoms. The number of hydrogen-bond donors (Lipinski definition) is 3. The van der Waals surface area contributed by atoms with E-state index >= 15 is 0 Å². The number of aryl methyl sites for hydroxylation is 1. The van der Waals surface area contributed by atoms with Gasteiger partial charge in [0.1, 0.15) is 6.23 Å². The number of nitrogens with one attached hydrogen (secondary N) is 3. The van der Waals surface area contributed by atoms with E-state index in [1.165, 1.54) is 0 Å². The largest absolute Gasteiger partial charge is 0.367 e. The van der Waals surface area contributed by atoms with Gasteiger partial charge in [-0.05, 0) is 81.6 Å². The van der Waals surface area contributed by atoms with E-state index in [9.17, 15) is 4.79 Å². The summed E-state index contributed by atoms with van der Waals surface area (Å²) in [6, 6.07) is 0. The number of carbonyl (C=O) groups excluding carboxylic acids is 1. The molecule has 4 rings (SSSR count). The van der Waals surface area contributed by atoms with E-state index in [0.29, 0.717) is 35.8 Å². The first-order valence-electron chi connectivity index (χ1n) is 12.9. The molecule has 9 heteroatoms. The molecular weight excluding hydrogens is 473 g/mol. The first kappa shape index (κ1) is 26.1. The van der Waals surface area contributed by atoms with Gasteiger partial charge in [0.05, 0.1) is 5.38 Å². The predicted octanol–water partition coefficient (Wildman–Crippen LogP) is 3.44. The number of rotatable bonds is 7. The van der Waals surface area contributed by atoms with Crippen LogP contribution in [-0.4, -0.2) is 52.2 Å². The molecule has 1 amide bonds. The Kier molecular flexibility index (Phi) is 9.05. The molecule has 3 fully saturated rings. The minimum atomic E-state index is -0.00336. The van der Waals surface area contributed by atoms with Crippen molar-refractivity contribution in [2.45, 2.75) is 74.9 Å². The highest BCUT2D eigenvalue weighted by Gasteiger charge is 2.38. The summed E-state index contributed by atoms with van der Waals surface area (Å²) in [7, 11) is 3.67. The number of alkyl halides is 2. The fourth-order valence-electron chi connectivity index (χ4n) is 6.43. The molecule has 3 aliphatic rings. The van der Waals surface area contributed by atoms with Crippen LogP contribution in [0.25, 0.3) is 0 Å². The summed E-state index contributed by atoms with van der Waals surface area (Å²) < 4.78 is 9.46. The molecule has 34 heavy (non-hydrogen) atoms. The topological polar surface area (TPSA) is 84.1 Å². The Morgan fingerprint density at radius 1 is 1.09 bits per heavy atom. The number of imidazole rings is 1. The van der Waals surface area contributed by atoms with Crippen LogP contribution in [0.2, 0.25) is 0 Å². The quantitative estimate of drug-likeness (QED) is 0.488. The molecule has 1 saturated heterocycles. The zero-order valence-electron chi connectivity index (χ0n) is 20.5. The predicted molar refractivity (Wildman–Crippen MR) is 135 cm³/mol. The van der Waals surface area contributed by atoms with Gasteiger partial charge in [0.25, 0.3) is 0 Å². The second kappa shape index (κ2) is 11.8. The van der Waals surface area contributed by atoms with Crippen molar-refractivity contribution in [3.05, 3.63) is 18.0 Å². The molecule has 1 aromatic heterocycles. The van der Waals surface area contributed by atoms with E-state index in [4.69, 9.17) is 33.3 Å². The lowest BCUT2D eigenvalue weighted by Crippen LogP contribution is -2.45. The molecule has 8 unspecified atom stereocenters. The molecular formula is C25H41Cl2N5O2. The lowest BCUT2D eigenvalue weighted by atomic mass is 9.68. The highest BCUT2D eigenvalue weighted by atomic mass is 35.5. The van der Waals surface area contributed by atoms with Crippen molar-refractivity contribution in [1.82, 2.24) is 19.8 Å². The molecule has 7 nitrogen and oxygen atoms in total. The van der Waals surface area contributed by atoms with Crippen molar-refractivity contribution in [2.75, 3.05) is 20.2 Å². The van der Waals surface area contributed by atoms with Gasteiger partial charge in [-0.15, -0.1) is 23.2 Å². The molecule has 192 valence electrons. The SMILES string of the molecule is COC1CC(C2CC(Cn3ccn(C)c3=N)CC(C(=O)NCC3CCC(Cl)C(Cl)C3)C2)CCN1. The zero-order chi connectivity index (χ0) is 24.2. The highest BCUT2D eigenvalue weighted by molar-refractivity contribution is 6.30. The van der Waals surface area contributed by atoms with E-state index < -0.39 is 0 Å². The Hall–Kier alpha value is -1.02. The van der Waals surface area contributed by atoms with Gasteiger partial charge in [-0.1, -0.05) is 0 Å². The van der Waals surface area contributed by atoms with Crippen LogP contribution in [0.3, 0.4) is 0 Å². The Morgan fingerprint density at radius 3 is 2.62 bits per heavy atom. The van der Waals surface area contributed by atoms with Crippen LogP contribution in [0.4, 0.5) is 0 Å². The number of amides is 1. The number of methoxy groups -OCH3 is 1. The number of nitrogens with zero attached hydrogens (tertiary/aromatic N) is 2. The van der Waals surface area contributed by atoms with Crippen LogP contribution in [-0.2, 0) is 23.1 Å². The minimum absolute atomic E-state index is 0.00336. The van der Waals surface area contributed by atoms with Gasteiger partial charge < -0.3 is 19.2 Å². The van der Waals surface area contributed by atoms with Crippen LogP contribution in [0.5, 0.6) is 0 Å². The van der Waals surface area contributed by atoms with Crippen molar-refractivity contribution < 1.29 is 9.53 Å². The summed E-state index contributed by atoms with van der Waals surface area (Å²) in [4.78, 5) is 13.3. The Bertz CT molecular complexity index is 874. The third kappa shape index (κ3) is 6.40. The van der Waals surface area contributed by atoms with Crippen molar-refractivity contribution in [3.63, 3.8) is 0 Å². The molecule has 0 aromatic carbocycles. The fourth-order valence-corrected chi connectivity index (χ4v) is 7.04. The van der Waals surface area contributed by atoms with Gasteiger partial charge in [0.15, 0.2) is 0 Å². The van der Waals surface area contributed by atoms with Gasteiger partial charge in [-0.3, -0.25) is 15.5 Å².